The molecule has 1 aliphatic heterocycles. The zero-order valence-corrected chi connectivity index (χ0v) is 13.3. The van der Waals surface area contributed by atoms with Crippen molar-refractivity contribution in [3.63, 3.8) is 0 Å². The number of fused-ring (bicyclic) bond motifs is 1. The summed E-state index contributed by atoms with van der Waals surface area (Å²) in [6.45, 7) is 1.64. The Morgan fingerprint density at radius 1 is 1.17 bits per heavy atom. The fraction of sp³-hybridized carbons (Fsp3) is 0.438. The molecule has 2 aromatic rings. The Morgan fingerprint density at radius 2 is 1.92 bits per heavy atom. The van der Waals surface area contributed by atoms with Crippen LogP contribution in [0.1, 0.15) is 19.3 Å². The molecule has 8 nitrogen and oxygen atoms in total. The van der Waals surface area contributed by atoms with Crippen LogP contribution in [0.3, 0.4) is 0 Å². The van der Waals surface area contributed by atoms with Gasteiger partial charge in [-0.3, -0.25) is 14.4 Å². The van der Waals surface area contributed by atoms with Gasteiger partial charge in [0.15, 0.2) is 0 Å². The average Bonchev–Trinajstić information content (AvgIpc) is 3.12. The molecule has 0 unspecified atom stereocenters. The van der Waals surface area contributed by atoms with Gasteiger partial charge in [-0.1, -0.05) is 17.3 Å². The van der Waals surface area contributed by atoms with Crippen molar-refractivity contribution >= 4 is 22.7 Å². The highest BCUT2D eigenvalue weighted by atomic mass is 16.2. The van der Waals surface area contributed by atoms with Crippen molar-refractivity contribution in [1.29, 1.82) is 0 Å². The van der Waals surface area contributed by atoms with Gasteiger partial charge in [-0.2, -0.15) is 0 Å². The Balaban J connectivity index is 1.54. The number of benzene rings is 1. The molecule has 0 aliphatic carbocycles. The van der Waals surface area contributed by atoms with Gasteiger partial charge in [0.05, 0.1) is 5.39 Å². The lowest BCUT2D eigenvalue weighted by atomic mass is 10.2. The van der Waals surface area contributed by atoms with Crippen LogP contribution in [0.2, 0.25) is 0 Å². The van der Waals surface area contributed by atoms with Crippen LogP contribution in [0.4, 0.5) is 0 Å². The zero-order valence-electron chi connectivity index (χ0n) is 13.3. The lowest BCUT2D eigenvalue weighted by Gasteiger charge is -2.15. The van der Waals surface area contributed by atoms with Crippen LogP contribution < -0.4 is 10.9 Å². The number of aromatic nitrogens is 3. The minimum absolute atomic E-state index is 0.0514. The Kier molecular flexibility index (Phi) is 4.83. The molecule has 1 saturated heterocycles. The molecule has 0 saturated carbocycles. The first kappa shape index (κ1) is 16.1. The highest BCUT2D eigenvalue weighted by Crippen LogP contribution is 2.08. The van der Waals surface area contributed by atoms with Crippen molar-refractivity contribution in [2.75, 3.05) is 19.6 Å². The van der Waals surface area contributed by atoms with Crippen molar-refractivity contribution in [2.45, 2.75) is 25.8 Å². The Bertz CT molecular complexity index is 811. The van der Waals surface area contributed by atoms with Gasteiger partial charge in [-0.25, -0.2) is 4.68 Å². The zero-order chi connectivity index (χ0) is 16.9. The predicted octanol–water partition coefficient (Wildman–Crippen LogP) is -0.0798. The maximum atomic E-state index is 12.2. The molecule has 0 bridgehead atoms. The minimum Gasteiger partial charge on any atom is -0.354 e. The fourth-order valence-electron chi connectivity index (χ4n) is 2.75. The maximum Gasteiger partial charge on any atom is 0.278 e. The van der Waals surface area contributed by atoms with Gasteiger partial charge in [0.2, 0.25) is 11.8 Å². The van der Waals surface area contributed by atoms with E-state index < -0.39 is 0 Å². The van der Waals surface area contributed by atoms with E-state index in [0.717, 1.165) is 30.6 Å². The molecular weight excluding hydrogens is 310 g/mol. The SMILES string of the molecule is O=C(Cn1nnc2ccccc2c1=O)NCCC(=O)N1CCCC1. The van der Waals surface area contributed by atoms with Crippen molar-refractivity contribution < 1.29 is 9.59 Å². The fourth-order valence-corrected chi connectivity index (χ4v) is 2.75. The molecule has 0 atom stereocenters. The first-order valence-corrected chi connectivity index (χ1v) is 8.02. The molecule has 8 heteroatoms. The molecule has 0 radical (unpaired) electrons. The third kappa shape index (κ3) is 3.58. The van der Waals surface area contributed by atoms with Gasteiger partial charge in [0.25, 0.3) is 5.56 Å². The van der Waals surface area contributed by atoms with Crippen LogP contribution in [0.15, 0.2) is 29.1 Å². The monoisotopic (exact) mass is 329 g/mol. The van der Waals surface area contributed by atoms with Crippen molar-refractivity contribution in [2.24, 2.45) is 0 Å². The van der Waals surface area contributed by atoms with Crippen molar-refractivity contribution in [3.05, 3.63) is 34.6 Å². The molecule has 0 spiro atoms. The van der Waals surface area contributed by atoms with E-state index in [1.54, 1.807) is 24.3 Å². The maximum absolute atomic E-state index is 12.2. The van der Waals surface area contributed by atoms with Gasteiger partial charge in [0, 0.05) is 26.1 Å². The number of amides is 2. The standard InChI is InChI=1S/C16H19N5O3/c22-14(17-8-7-15(23)20-9-3-4-10-20)11-21-16(24)12-5-1-2-6-13(12)18-19-21/h1-2,5-6H,3-4,7-11H2,(H,17,22). The van der Waals surface area contributed by atoms with E-state index in [-0.39, 0.29) is 36.9 Å². The molecule has 2 heterocycles. The number of nitrogens with zero attached hydrogens (tertiary/aromatic N) is 4. The van der Waals surface area contributed by atoms with E-state index in [1.807, 2.05) is 4.90 Å². The van der Waals surface area contributed by atoms with Crippen molar-refractivity contribution in [1.82, 2.24) is 25.2 Å². The first-order chi connectivity index (χ1) is 11.6. The Hall–Kier alpha value is -2.77. The summed E-state index contributed by atoms with van der Waals surface area (Å²) in [5.74, 6) is -0.314. The Morgan fingerprint density at radius 3 is 2.71 bits per heavy atom. The molecule has 1 aromatic heterocycles. The second-order valence-corrected chi connectivity index (χ2v) is 5.76. The summed E-state index contributed by atoms with van der Waals surface area (Å²) in [5.41, 5.74) is 0.138. The summed E-state index contributed by atoms with van der Waals surface area (Å²) in [7, 11) is 0. The largest absolute Gasteiger partial charge is 0.354 e. The molecule has 1 N–H and O–H groups in total. The average molecular weight is 329 g/mol. The summed E-state index contributed by atoms with van der Waals surface area (Å²) >= 11 is 0. The quantitative estimate of drug-likeness (QED) is 0.827. The second kappa shape index (κ2) is 7.20. The summed E-state index contributed by atoms with van der Waals surface area (Å²) in [6, 6.07) is 6.85. The number of rotatable bonds is 5. The van der Waals surface area contributed by atoms with Gasteiger partial charge in [0.1, 0.15) is 12.1 Å². The molecule has 126 valence electrons. The topological polar surface area (TPSA) is 97.2 Å². The number of carbonyl (C=O) groups is 2. The molecular formula is C16H19N5O3. The van der Waals surface area contributed by atoms with Crippen LogP contribution in [0.25, 0.3) is 10.9 Å². The minimum atomic E-state index is -0.365. The molecule has 3 rings (SSSR count). The second-order valence-electron chi connectivity index (χ2n) is 5.76. The number of carbonyl (C=O) groups excluding carboxylic acids is 2. The van der Waals surface area contributed by atoms with Crippen LogP contribution in [0.5, 0.6) is 0 Å². The van der Waals surface area contributed by atoms with Crippen molar-refractivity contribution in [3.8, 4) is 0 Å². The molecule has 2 amide bonds. The summed E-state index contributed by atoms with van der Waals surface area (Å²) in [6.07, 6.45) is 2.35. The third-order valence-corrected chi connectivity index (χ3v) is 4.04. The van der Waals surface area contributed by atoms with E-state index in [4.69, 9.17) is 0 Å². The van der Waals surface area contributed by atoms with Crippen LogP contribution in [0, 0.1) is 0 Å². The summed E-state index contributed by atoms with van der Waals surface area (Å²) < 4.78 is 1.03. The predicted molar refractivity (Wildman–Crippen MR) is 87.2 cm³/mol. The Labute approximate surface area is 138 Å². The normalized spacial score (nSPS) is 14.1. The first-order valence-electron chi connectivity index (χ1n) is 8.02. The lowest BCUT2D eigenvalue weighted by molar-refractivity contribution is -0.130. The number of hydrogen-bond donors (Lipinski definition) is 1. The highest BCUT2D eigenvalue weighted by molar-refractivity contribution is 5.80. The van der Waals surface area contributed by atoms with E-state index >= 15 is 0 Å². The van der Waals surface area contributed by atoms with Crippen LogP contribution in [-0.4, -0.2) is 51.3 Å². The molecule has 1 aromatic carbocycles. The van der Waals surface area contributed by atoms with Gasteiger partial charge in [-0.05, 0) is 25.0 Å². The lowest BCUT2D eigenvalue weighted by Crippen LogP contribution is -2.36. The highest BCUT2D eigenvalue weighted by Gasteiger charge is 2.17. The number of hydrogen-bond acceptors (Lipinski definition) is 5. The van der Waals surface area contributed by atoms with E-state index in [9.17, 15) is 14.4 Å². The van der Waals surface area contributed by atoms with E-state index in [2.05, 4.69) is 15.6 Å². The third-order valence-electron chi connectivity index (χ3n) is 4.04. The van der Waals surface area contributed by atoms with Gasteiger partial charge >= 0.3 is 0 Å². The van der Waals surface area contributed by atoms with Crippen LogP contribution in [-0.2, 0) is 16.1 Å². The smallest absolute Gasteiger partial charge is 0.278 e. The van der Waals surface area contributed by atoms with Crippen LogP contribution >= 0.6 is 0 Å². The van der Waals surface area contributed by atoms with Gasteiger partial charge < -0.3 is 10.2 Å². The molecule has 1 aliphatic rings. The molecule has 24 heavy (non-hydrogen) atoms. The number of likely N-dealkylation sites (tertiary alicyclic amines) is 1. The van der Waals surface area contributed by atoms with Gasteiger partial charge in [-0.15, -0.1) is 5.10 Å². The number of nitrogens with one attached hydrogen (secondary N) is 1. The van der Waals surface area contributed by atoms with E-state index in [0.29, 0.717) is 10.9 Å². The summed E-state index contributed by atoms with van der Waals surface area (Å²) in [4.78, 5) is 37.9. The van der Waals surface area contributed by atoms with E-state index in [1.165, 1.54) is 0 Å². The summed E-state index contributed by atoms with van der Waals surface area (Å²) in [5, 5.41) is 10.8. The molecule has 1 fully saturated rings.